The molecule has 0 bridgehead atoms. The highest BCUT2D eigenvalue weighted by Crippen LogP contribution is 2.25. The molecule has 0 radical (unpaired) electrons. The SMILES string of the molecule is COc1ccccc1NOC(F)(F)F. The highest BCUT2D eigenvalue weighted by Gasteiger charge is 2.30. The van der Waals surface area contributed by atoms with E-state index < -0.39 is 6.36 Å². The molecule has 1 aromatic rings. The fourth-order valence-corrected chi connectivity index (χ4v) is 0.842. The molecule has 0 aromatic heterocycles. The molecule has 0 saturated heterocycles. The number of para-hydroxylation sites is 2. The lowest BCUT2D eigenvalue weighted by molar-refractivity contribution is -0.311. The predicted octanol–water partition coefficient (Wildman–Crippen LogP) is 2.56. The van der Waals surface area contributed by atoms with Crippen molar-refractivity contribution >= 4 is 5.69 Å². The number of alkyl halides is 3. The van der Waals surface area contributed by atoms with Gasteiger partial charge in [-0.3, -0.25) is 5.48 Å². The molecule has 0 atom stereocenters. The van der Waals surface area contributed by atoms with E-state index in [-0.39, 0.29) is 11.4 Å². The molecule has 1 N–H and O–H groups in total. The number of rotatable bonds is 3. The third-order valence-corrected chi connectivity index (χ3v) is 1.38. The van der Waals surface area contributed by atoms with Crippen LogP contribution in [0.4, 0.5) is 18.9 Å². The Morgan fingerprint density at radius 2 is 1.86 bits per heavy atom. The van der Waals surface area contributed by atoms with Gasteiger partial charge < -0.3 is 4.74 Å². The van der Waals surface area contributed by atoms with E-state index in [2.05, 4.69) is 4.84 Å². The van der Waals surface area contributed by atoms with Crippen LogP contribution in [-0.4, -0.2) is 13.5 Å². The molecule has 0 heterocycles. The first-order valence-electron chi connectivity index (χ1n) is 3.66. The standard InChI is InChI=1S/C8H8F3NO2/c1-13-7-5-3-2-4-6(7)12-14-8(9,10)11/h2-5,12H,1H3. The zero-order valence-corrected chi connectivity index (χ0v) is 7.26. The molecule has 0 amide bonds. The topological polar surface area (TPSA) is 30.5 Å². The molecule has 78 valence electrons. The van der Waals surface area contributed by atoms with Crippen LogP contribution in [0.25, 0.3) is 0 Å². The van der Waals surface area contributed by atoms with Gasteiger partial charge in [0.05, 0.1) is 7.11 Å². The van der Waals surface area contributed by atoms with E-state index in [9.17, 15) is 13.2 Å². The van der Waals surface area contributed by atoms with Crippen LogP contribution < -0.4 is 10.2 Å². The molecule has 1 aromatic carbocycles. The zero-order valence-electron chi connectivity index (χ0n) is 7.26. The van der Waals surface area contributed by atoms with Crippen molar-refractivity contribution in [2.75, 3.05) is 12.6 Å². The first-order chi connectivity index (χ1) is 6.53. The summed E-state index contributed by atoms with van der Waals surface area (Å²) in [4.78, 5) is 3.43. The Morgan fingerprint density at radius 1 is 1.21 bits per heavy atom. The monoisotopic (exact) mass is 207 g/mol. The highest BCUT2D eigenvalue weighted by molar-refractivity contribution is 5.54. The number of ether oxygens (including phenoxy) is 1. The van der Waals surface area contributed by atoms with Gasteiger partial charge in [-0.2, -0.15) is 4.84 Å². The fourth-order valence-electron chi connectivity index (χ4n) is 0.842. The summed E-state index contributed by atoms with van der Waals surface area (Å²) in [6.45, 7) is 0. The van der Waals surface area contributed by atoms with E-state index in [0.29, 0.717) is 0 Å². The summed E-state index contributed by atoms with van der Waals surface area (Å²) in [6.07, 6.45) is -4.72. The normalized spacial score (nSPS) is 11.1. The van der Waals surface area contributed by atoms with Crippen LogP contribution in [0.5, 0.6) is 5.75 Å². The van der Waals surface area contributed by atoms with E-state index in [4.69, 9.17) is 4.74 Å². The van der Waals surface area contributed by atoms with E-state index >= 15 is 0 Å². The molecule has 0 spiro atoms. The lowest BCUT2D eigenvalue weighted by Gasteiger charge is -2.11. The number of nitrogens with one attached hydrogen (secondary N) is 1. The average Bonchev–Trinajstić information content (AvgIpc) is 2.14. The summed E-state index contributed by atoms with van der Waals surface area (Å²) in [5.41, 5.74) is 1.87. The van der Waals surface area contributed by atoms with Crippen molar-refractivity contribution in [2.45, 2.75) is 6.36 Å². The Bertz CT molecular complexity index is 301. The number of hydrogen-bond acceptors (Lipinski definition) is 3. The van der Waals surface area contributed by atoms with Gasteiger partial charge in [0.15, 0.2) is 0 Å². The smallest absolute Gasteiger partial charge is 0.495 e. The maximum Gasteiger partial charge on any atom is 0.543 e. The minimum Gasteiger partial charge on any atom is -0.495 e. The molecule has 0 aliphatic rings. The van der Waals surface area contributed by atoms with Crippen molar-refractivity contribution in [2.24, 2.45) is 0 Å². The molecule has 1 rings (SSSR count). The molecule has 14 heavy (non-hydrogen) atoms. The highest BCUT2D eigenvalue weighted by atomic mass is 19.4. The molecule has 0 aliphatic heterocycles. The molecule has 0 aliphatic carbocycles. The summed E-state index contributed by atoms with van der Waals surface area (Å²) in [7, 11) is 1.36. The summed E-state index contributed by atoms with van der Waals surface area (Å²) < 4.78 is 39.8. The van der Waals surface area contributed by atoms with Crippen LogP contribution in [0.2, 0.25) is 0 Å². The largest absolute Gasteiger partial charge is 0.543 e. The molecular formula is C8H8F3NO2. The quantitative estimate of drug-likeness (QED) is 0.772. The molecule has 0 fully saturated rings. The van der Waals surface area contributed by atoms with E-state index in [1.54, 1.807) is 17.6 Å². The van der Waals surface area contributed by atoms with Gasteiger partial charge in [-0.15, -0.1) is 13.2 Å². The fraction of sp³-hybridized carbons (Fsp3) is 0.250. The van der Waals surface area contributed by atoms with Crippen molar-refractivity contribution in [1.29, 1.82) is 0 Å². The third kappa shape index (κ3) is 3.14. The zero-order chi connectivity index (χ0) is 10.6. The maximum atomic E-state index is 11.7. The van der Waals surface area contributed by atoms with Gasteiger partial charge in [0, 0.05) is 0 Å². The second-order valence-corrected chi connectivity index (χ2v) is 2.35. The number of methoxy groups -OCH3 is 1. The van der Waals surface area contributed by atoms with Crippen LogP contribution in [-0.2, 0) is 4.84 Å². The molecule has 6 heteroatoms. The van der Waals surface area contributed by atoms with E-state index in [1.807, 2.05) is 0 Å². The molecular weight excluding hydrogens is 199 g/mol. The van der Waals surface area contributed by atoms with Crippen LogP contribution in [0.3, 0.4) is 0 Å². The minimum atomic E-state index is -4.72. The average molecular weight is 207 g/mol. The lowest BCUT2D eigenvalue weighted by atomic mass is 10.3. The Morgan fingerprint density at radius 3 is 2.43 bits per heavy atom. The second kappa shape index (κ2) is 4.19. The van der Waals surface area contributed by atoms with Crippen molar-refractivity contribution in [1.82, 2.24) is 0 Å². The Balaban J connectivity index is 2.67. The van der Waals surface area contributed by atoms with Gasteiger partial charge in [0.2, 0.25) is 0 Å². The minimum absolute atomic E-state index is 0.118. The number of anilines is 1. The summed E-state index contributed by atoms with van der Waals surface area (Å²) in [5.74, 6) is 0.275. The molecule has 3 nitrogen and oxygen atoms in total. The van der Waals surface area contributed by atoms with Gasteiger partial charge in [-0.25, -0.2) is 0 Å². The number of hydrogen-bond donors (Lipinski definition) is 1. The Hall–Kier alpha value is -1.43. The Labute approximate surface area is 78.4 Å². The van der Waals surface area contributed by atoms with E-state index in [0.717, 1.165) is 0 Å². The van der Waals surface area contributed by atoms with E-state index in [1.165, 1.54) is 19.2 Å². The van der Waals surface area contributed by atoms with Gasteiger partial charge >= 0.3 is 6.36 Å². The summed E-state index contributed by atoms with van der Waals surface area (Å²) in [5, 5.41) is 0. The predicted molar refractivity (Wildman–Crippen MR) is 43.8 cm³/mol. The first kappa shape index (κ1) is 10.6. The van der Waals surface area contributed by atoms with Crippen molar-refractivity contribution in [3.8, 4) is 5.75 Å². The van der Waals surface area contributed by atoms with Crippen LogP contribution in [0, 0.1) is 0 Å². The van der Waals surface area contributed by atoms with Crippen molar-refractivity contribution in [3.05, 3.63) is 24.3 Å². The molecule has 0 unspecified atom stereocenters. The van der Waals surface area contributed by atoms with Crippen LogP contribution >= 0.6 is 0 Å². The Kier molecular flexibility index (Phi) is 3.19. The number of halogens is 3. The maximum absolute atomic E-state index is 11.7. The third-order valence-electron chi connectivity index (χ3n) is 1.38. The lowest BCUT2D eigenvalue weighted by Crippen LogP contribution is -2.18. The van der Waals surface area contributed by atoms with Gasteiger partial charge in [-0.1, -0.05) is 12.1 Å². The van der Waals surface area contributed by atoms with Crippen LogP contribution in [0.15, 0.2) is 24.3 Å². The summed E-state index contributed by atoms with van der Waals surface area (Å²) in [6, 6.07) is 6.12. The van der Waals surface area contributed by atoms with Gasteiger partial charge in [0.1, 0.15) is 11.4 Å². The summed E-state index contributed by atoms with van der Waals surface area (Å²) >= 11 is 0. The molecule has 0 saturated carbocycles. The van der Waals surface area contributed by atoms with Crippen LogP contribution in [0.1, 0.15) is 0 Å². The first-order valence-corrected chi connectivity index (χ1v) is 3.66. The van der Waals surface area contributed by atoms with Gasteiger partial charge in [0.25, 0.3) is 0 Å². The number of benzene rings is 1. The van der Waals surface area contributed by atoms with Gasteiger partial charge in [-0.05, 0) is 12.1 Å². The van der Waals surface area contributed by atoms with Crippen molar-refractivity contribution < 1.29 is 22.7 Å². The van der Waals surface area contributed by atoms with Crippen molar-refractivity contribution in [3.63, 3.8) is 0 Å². The second-order valence-electron chi connectivity index (χ2n) is 2.35.